The van der Waals surface area contributed by atoms with E-state index in [1.54, 1.807) is 19.1 Å². The summed E-state index contributed by atoms with van der Waals surface area (Å²) < 4.78 is 0. The van der Waals surface area contributed by atoms with E-state index < -0.39 is 0 Å². The van der Waals surface area contributed by atoms with Crippen molar-refractivity contribution in [3.05, 3.63) is 28.8 Å². The standard InChI is InChI=1S/C14H16ClN3O/c1-10(19)18-6-4-12(5-7-18)17-13-2-3-14(15)11(8-13)9-16/h2-3,8,12,17H,4-7H2,1H3. The summed E-state index contributed by atoms with van der Waals surface area (Å²) in [6.45, 7) is 3.17. The van der Waals surface area contributed by atoms with E-state index >= 15 is 0 Å². The summed E-state index contributed by atoms with van der Waals surface area (Å²) in [5.74, 6) is 0.136. The van der Waals surface area contributed by atoms with Gasteiger partial charge in [0.2, 0.25) is 5.91 Å². The lowest BCUT2D eigenvalue weighted by molar-refractivity contribution is -0.129. The Morgan fingerprint density at radius 2 is 2.16 bits per heavy atom. The van der Waals surface area contributed by atoms with Gasteiger partial charge in [0.05, 0.1) is 10.6 Å². The van der Waals surface area contributed by atoms with E-state index in [0.717, 1.165) is 31.6 Å². The Hall–Kier alpha value is -1.73. The summed E-state index contributed by atoms with van der Waals surface area (Å²) in [6, 6.07) is 7.77. The lowest BCUT2D eigenvalue weighted by Crippen LogP contribution is -2.41. The number of nitriles is 1. The lowest BCUT2D eigenvalue weighted by atomic mass is 10.0. The maximum absolute atomic E-state index is 11.2. The topological polar surface area (TPSA) is 56.1 Å². The smallest absolute Gasteiger partial charge is 0.219 e. The van der Waals surface area contributed by atoms with E-state index in [4.69, 9.17) is 16.9 Å². The van der Waals surface area contributed by atoms with Gasteiger partial charge in [-0.1, -0.05) is 11.6 Å². The molecule has 1 aromatic rings. The summed E-state index contributed by atoms with van der Waals surface area (Å²) in [5.41, 5.74) is 1.38. The van der Waals surface area contributed by atoms with E-state index in [1.165, 1.54) is 0 Å². The summed E-state index contributed by atoms with van der Waals surface area (Å²) >= 11 is 5.90. The van der Waals surface area contributed by atoms with Gasteiger partial charge >= 0.3 is 0 Å². The first-order valence-electron chi connectivity index (χ1n) is 6.32. The Labute approximate surface area is 118 Å². The Bertz CT molecular complexity index is 516. The molecule has 1 saturated heterocycles. The van der Waals surface area contributed by atoms with Crippen molar-refractivity contribution >= 4 is 23.2 Å². The lowest BCUT2D eigenvalue weighted by Gasteiger charge is -2.32. The van der Waals surface area contributed by atoms with Crippen LogP contribution in [-0.2, 0) is 4.79 Å². The number of likely N-dealkylation sites (tertiary alicyclic amines) is 1. The molecule has 1 aliphatic heterocycles. The predicted octanol–water partition coefficient (Wildman–Crippen LogP) is 2.63. The zero-order chi connectivity index (χ0) is 13.8. The van der Waals surface area contributed by atoms with Gasteiger partial charge in [0.25, 0.3) is 0 Å². The minimum atomic E-state index is 0.136. The third-order valence-electron chi connectivity index (χ3n) is 3.40. The molecule has 0 aromatic heterocycles. The van der Waals surface area contributed by atoms with Crippen LogP contribution in [-0.4, -0.2) is 29.9 Å². The Kier molecular flexibility index (Phi) is 4.28. The van der Waals surface area contributed by atoms with Gasteiger partial charge in [0.15, 0.2) is 0 Å². The van der Waals surface area contributed by atoms with Crippen molar-refractivity contribution in [3.63, 3.8) is 0 Å². The van der Waals surface area contributed by atoms with E-state index in [9.17, 15) is 4.79 Å². The molecule has 1 heterocycles. The number of nitrogens with zero attached hydrogens (tertiary/aromatic N) is 2. The van der Waals surface area contributed by atoms with Gasteiger partial charge < -0.3 is 10.2 Å². The van der Waals surface area contributed by atoms with Gasteiger partial charge in [-0.05, 0) is 31.0 Å². The summed E-state index contributed by atoms with van der Waals surface area (Å²) in [5, 5.41) is 12.8. The van der Waals surface area contributed by atoms with Crippen molar-refractivity contribution in [2.45, 2.75) is 25.8 Å². The van der Waals surface area contributed by atoms with Crippen LogP contribution >= 0.6 is 11.6 Å². The molecule has 100 valence electrons. The van der Waals surface area contributed by atoms with Crippen molar-refractivity contribution in [2.75, 3.05) is 18.4 Å². The fourth-order valence-corrected chi connectivity index (χ4v) is 2.43. The molecular weight excluding hydrogens is 262 g/mol. The number of carbonyl (C=O) groups is 1. The molecule has 0 atom stereocenters. The number of carbonyl (C=O) groups excluding carboxylic acids is 1. The number of amides is 1. The quantitative estimate of drug-likeness (QED) is 0.904. The SMILES string of the molecule is CC(=O)N1CCC(Nc2ccc(Cl)c(C#N)c2)CC1. The first-order chi connectivity index (χ1) is 9.10. The van der Waals surface area contributed by atoms with Crippen molar-refractivity contribution in [2.24, 2.45) is 0 Å². The number of halogens is 1. The molecule has 1 fully saturated rings. The summed E-state index contributed by atoms with van der Waals surface area (Å²) in [7, 11) is 0. The molecule has 0 unspecified atom stereocenters. The number of rotatable bonds is 2. The number of hydrogen-bond acceptors (Lipinski definition) is 3. The zero-order valence-corrected chi connectivity index (χ0v) is 11.6. The van der Waals surface area contributed by atoms with Crippen LogP contribution in [0, 0.1) is 11.3 Å². The third-order valence-corrected chi connectivity index (χ3v) is 3.73. The molecule has 0 aliphatic carbocycles. The monoisotopic (exact) mass is 277 g/mol. The van der Waals surface area contributed by atoms with Crippen LogP contribution in [0.1, 0.15) is 25.3 Å². The van der Waals surface area contributed by atoms with Crippen LogP contribution in [0.3, 0.4) is 0 Å². The molecule has 19 heavy (non-hydrogen) atoms. The van der Waals surface area contributed by atoms with Crippen LogP contribution in [0.4, 0.5) is 5.69 Å². The molecule has 5 heteroatoms. The minimum absolute atomic E-state index is 0.136. The second-order valence-corrected chi connectivity index (χ2v) is 5.14. The van der Waals surface area contributed by atoms with E-state index in [1.807, 2.05) is 11.0 Å². The van der Waals surface area contributed by atoms with Gasteiger partial charge in [-0.25, -0.2) is 0 Å². The highest BCUT2D eigenvalue weighted by molar-refractivity contribution is 6.31. The first-order valence-corrected chi connectivity index (χ1v) is 6.69. The maximum Gasteiger partial charge on any atom is 0.219 e. The number of hydrogen-bond donors (Lipinski definition) is 1. The van der Waals surface area contributed by atoms with Crippen LogP contribution in [0.25, 0.3) is 0 Å². The first kappa shape index (κ1) is 13.7. The molecular formula is C14H16ClN3O. The molecule has 1 N–H and O–H groups in total. The van der Waals surface area contributed by atoms with Gasteiger partial charge in [-0.3, -0.25) is 4.79 Å². The van der Waals surface area contributed by atoms with Gasteiger partial charge in [0.1, 0.15) is 6.07 Å². The number of benzene rings is 1. The second-order valence-electron chi connectivity index (χ2n) is 4.73. The molecule has 1 aromatic carbocycles. The third kappa shape index (κ3) is 3.39. The highest BCUT2D eigenvalue weighted by Crippen LogP contribution is 2.22. The average molecular weight is 278 g/mol. The number of nitrogens with one attached hydrogen (secondary N) is 1. The molecule has 0 radical (unpaired) electrons. The van der Waals surface area contributed by atoms with E-state index in [-0.39, 0.29) is 5.91 Å². The normalized spacial score (nSPS) is 15.9. The van der Waals surface area contributed by atoms with Crippen LogP contribution in [0.5, 0.6) is 0 Å². The van der Waals surface area contributed by atoms with Crippen molar-refractivity contribution in [3.8, 4) is 6.07 Å². The van der Waals surface area contributed by atoms with Gasteiger partial charge in [-0.15, -0.1) is 0 Å². The fraction of sp³-hybridized carbons (Fsp3) is 0.429. The van der Waals surface area contributed by atoms with Crippen LogP contribution in [0.15, 0.2) is 18.2 Å². The van der Waals surface area contributed by atoms with Crippen LogP contribution < -0.4 is 5.32 Å². The Balaban J connectivity index is 1.96. The maximum atomic E-state index is 11.2. The fourth-order valence-electron chi connectivity index (χ4n) is 2.28. The Morgan fingerprint density at radius 3 is 2.74 bits per heavy atom. The highest BCUT2D eigenvalue weighted by Gasteiger charge is 2.20. The largest absolute Gasteiger partial charge is 0.382 e. The summed E-state index contributed by atoms with van der Waals surface area (Å²) in [4.78, 5) is 13.1. The second kappa shape index (κ2) is 5.94. The van der Waals surface area contributed by atoms with E-state index in [2.05, 4.69) is 11.4 Å². The molecule has 0 spiro atoms. The Morgan fingerprint density at radius 1 is 1.47 bits per heavy atom. The molecule has 2 rings (SSSR count). The zero-order valence-electron chi connectivity index (χ0n) is 10.8. The minimum Gasteiger partial charge on any atom is -0.382 e. The summed E-state index contributed by atoms with van der Waals surface area (Å²) in [6.07, 6.45) is 1.84. The van der Waals surface area contributed by atoms with Gasteiger partial charge in [-0.2, -0.15) is 5.26 Å². The number of anilines is 1. The van der Waals surface area contributed by atoms with Crippen LogP contribution in [0.2, 0.25) is 5.02 Å². The molecule has 0 saturated carbocycles. The van der Waals surface area contributed by atoms with Crippen molar-refractivity contribution in [1.29, 1.82) is 5.26 Å². The molecule has 1 aliphatic rings. The molecule has 1 amide bonds. The predicted molar refractivity (Wildman–Crippen MR) is 75.1 cm³/mol. The number of piperidine rings is 1. The molecule has 0 bridgehead atoms. The highest BCUT2D eigenvalue weighted by atomic mass is 35.5. The van der Waals surface area contributed by atoms with E-state index in [0.29, 0.717) is 16.6 Å². The van der Waals surface area contributed by atoms with Crippen molar-refractivity contribution < 1.29 is 4.79 Å². The van der Waals surface area contributed by atoms with Crippen molar-refractivity contribution in [1.82, 2.24) is 4.90 Å². The molecule has 4 nitrogen and oxygen atoms in total. The van der Waals surface area contributed by atoms with Gasteiger partial charge in [0, 0.05) is 31.7 Å². The average Bonchev–Trinajstić information content (AvgIpc) is 2.41.